The molecule has 0 fully saturated rings. The highest BCUT2D eigenvalue weighted by molar-refractivity contribution is 7.09. The van der Waals surface area contributed by atoms with E-state index in [0.717, 1.165) is 4.88 Å². The van der Waals surface area contributed by atoms with Gasteiger partial charge in [-0.25, -0.2) is 14.4 Å². The molecule has 10 heteroatoms. The monoisotopic (exact) mass is 372 g/mol. The molecule has 0 bridgehead atoms. The number of carboxylic acid groups (broad SMARTS) is 1. The summed E-state index contributed by atoms with van der Waals surface area (Å²) >= 11 is 1.40. The molecule has 0 aliphatic heterocycles. The Morgan fingerprint density at radius 2 is 2.08 bits per heavy atom. The standard InChI is InChI=1S/C15H24N4O5S/c1-15(2,3)24-14(23)17-6-5-11(12(20)21)18-13(22)19(4)8-10-7-16-9-25-10/h7,9,11H,5-6,8H2,1-4H3,(H,17,23)(H,18,22)(H,20,21)/t11-/m0/s1. The Bertz CT molecular complexity index is 585. The number of ether oxygens (including phenoxy) is 1. The predicted molar refractivity (Wildman–Crippen MR) is 92.4 cm³/mol. The van der Waals surface area contributed by atoms with Crippen LogP contribution in [-0.2, 0) is 16.1 Å². The van der Waals surface area contributed by atoms with Crippen LogP contribution in [0.2, 0.25) is 0 Å². The third-order valence-corrected chi connectivity index (χ3v) is 3.68. The van der Waals surface area contributed by atoms with E-state index in [-0.39, 0.29) is 13.0 Å². The summed E-state index contributed by atoms with van der Waals surface area (Å²) in [6.45, 7) is 5.58. The van der Waals surface area contributed by atoms with Crippen LogP contribution in [0.4, 0.5) is 9.59 Å². The number of nitrogens with zero attached hydrogens (tertiary/aromatic N) is 2. The number of hydrogen-bond acceptors (Lipinski definition) is 6. The maximum absolute atomic E-state index is 12.1. The highest BCUT2D eigenvalue weighted by Crippen LogP contribution is 2.09. The Morgan fingerprint density at radius 3 is 2.60 bits per heavy atom. The molecule has 3 N–H and O–H groups in total. The number of nitrogens with one attached hydrogen (secondary N) is 2. The fraction of sp³-hybridized carbons (Fsp3) is 0.600. The van der Waals surface area contributed by atoms with Crippen LogP contribution in [-0.4, -0.2) is 58.3 Å². The minimum absolute atomic E-state index is 0.0364. The molecule has 0 aromatic carbocycles. The van der Waals surface area contributed by atoms with E-state index in [4.69, 9.17) is 4.74 Å². The first-order valence-corrected chi connectivity index (χ1v) is 8.55. The van der Waals surface area contributed by atoms with Crippen LogP contribution in [0.25, 0.3) is 0 Å². The van der Waals surface area contributed by atoms with Crippen molar-refractivity contribution in [1.82, 2.24) is 20.5 Å². The van der Waals surface area contributed by atoms with Gasteiger partial charge >= 0.3 is 18.1 Å². The fourth-order valence-electron chi connectivity index (χ4n) is 1.78. The lowest BCUT2D eigenvalue weighted by Gasteiger charge is -2.22. The molecule has 1 atom stereocenters. The Kier molecular flexibility index (Phi) is 7.62. The second-order valence-electron chi connectivity index (χ2n) is 6.38. The summed E-state index contributed by atoms with van der Waals surface area (Å²) in [4.78, 5) is 41.1. The number of alkyl carbamates (subject to hydrolysis) is 1. The van der Waals surface area contributed by atoms with E-state index in [1.807, 2.05) is 0 Å². The average Bonchev–Trinajstić information content (AvgIpc) is 2.96. The number of hydrogen-bond donors (Lipinski definition) is 3. The van der Waals surface area contributed by atoms with Gasteiger partial charge in [-0.1, -0.05) is 0 Å². The van der Waals surface area contributed by atoms with Crippen molar-refractivity contribution in [3.05, 3.63) is 16.6 Å². The number of amides is 3. The van der Waals surface area contributed by atoms with Gasteiger partial charge < -0.3 is 25.4 Å². The molecule has 0 unspecified atom stereocenters. The summed E-state index contributed by atoms with van der Waals surface area (Å²) in [6.07, 6.45) is 1.05. The van der Waals surface area contributed by atoms with Crippen LogP contribution in [0.5, 0.6) is 0 Å². The summed E-state index contributed by atoms with van der Waals surface area (Å²) in [5, 5.41) is 14.1. The molecule has 9 nitrogen and oxygen atoms in total. The molecule has 1 heterocycles. The van der Waals surface area contributed by atoms with Crippen molar-refractivity contribution in [1.29, 1.82) is 0 Å². The van der Waals surface area contributed by atoms with Crippen LogP contribution in [0.1, 0.15) is 32.1 Å². The van der Waals surface area contributed by atoms with E-state index in [2.05, 4.69) is 15.6 Å². The highest BCUT2D eigenvalue weighted by Gasteiger charge is 2.23. The van der Waals surface area contributed by atoms with E-state index in [1.165, 1.54) is 16.2 Å². The van der Waals surface area contributed by atoms with E-state index < -0.39 is 29.7 Å². The highest BCUT2D eigenvalue weighted by atomic mass is 32.1. The largest absolute Gasteiger partial charge is 0.480 e. The number of carboxylic acids is 1. The summed E-state index contributed by atoms with van der Waals surface area (Å²) < 4.78 is 5.06. The SMILES string of the molecule is CN(Cc1cncs1)C(=O)N[C@@H](CCNC(=O)OC(C)(C)C)C(=O)O. The molecule has 0 spiro atoms. The molecule has 0 aliphatic carbocycles. The maximum Gasteiger partial charge on any atom is 0.407 e. The van der Waals surface area contributed by atoms with Crippen molar-refractivity contribution in [2.24, 2.45) is 0 Å². The first-order valence-electron chi connectivity index (χ1n) is 7.67. The van der Waals surface area contributed by atoms with E-state index in [1.54, 1.807) is 39.5 Å². The second kappa shape index (κ2) is 9.21. The molecule has 3 amide bonds. The van der Waals surface area contributed by atoms with Crippen LogP contribution < -0.4 is 10.6 Å². The van der Waals surface area contributed by atoms with Crippen LogP contribution in [0.3, 0.4) is 0 Å². The van der Waals surface area contributed by atoms with Gasteiger partial charge in [0.25, 0.3) is 0 Å². The first kappa shape index (κ1) is 20.7. The topological polar surface area (TPSA) is 121 Å². The van der Waals surface area contributed by atoms with Gasteiger partial charge in [-0.15, -0.1) is 11.3 Å². The number of carbonyl (C=O) groups is 3. The maximum atomic E-state index is 12.1. The van der Waals surface area contributed by atoms with Crippen LogP contribution in [0.15, 0.2) is 11.7 Å². The predicted octanol–water partition coefficient (Wildman–Crippen LogP) is 1.65. The minimum atomic E-state index is -1.18. The normalized spacial score (nSPS) is 12.2. The smallest absolute Gasteiger partial charge is 0.407 e. The third kappa shape index (κ3) is 8.34. The van der Waals surface area contributed by atoms with Crippen molar-refractivity contribution in [3.63, 3.8) is 0 Å². The average molecular weight is 372 g/mol. The van der Waals surface area contributed by atoms with E-state index >= 15 is 0 Å². The third-order valence-electron chi connectivity index (χ3n) is 2.92. The zero-order chi connectivity index (χ0) is 19.0. The zero-order valence-corrected chi connectivity index (χ0v) is 15.6. The van der Waals surface area contributed by atoms with Crippen molar-refractivity contribution in [3.8, 4) is 0 Å². The van der Waals surface area contributed by atoms with Crippen molar-refractivity contribution < 1.29 is 24.2 Å². The molecule has 0 saturated heterocycles. The lowest BCUT2D eigenvalue weighted by molar-refractivity contribution is -0.139. The van der Waals surface area contributed by atoms with E-state index in [9.17, 15) is 19.5 Å². The first-order chi connectivity index (χ1) is 11.6. The summed E-state index contributed by atoms with van der Waals surface area (Å²) in [5.74, 6) is -1.18. The number of aliphatic carboxylic acids is 1. The van der Waals surface area contributed by atoms with Gasteiger partial charge in [0.05, 0.1) is 12.1 Å². The Balaban J connectivity index is 2.44. The van der Waals surface area contributed by atoms with Gasteiger partial charge in [0.15, 0.2) is 0 Å². The van der Waals surface area contributed by atoms with Gasteiger partial charge in [0, 0.05) is 24.7 Å². The van der Waals surface area contributed by atoms with Crippen molar-refractivity contribution >= 4 is 29.4 Å². The number of carbonyl (C=O) groups excluding carboxylic acids is 2. The second-order valence-corrected chi connectivity index (χ2v) is 7.35. The minimum Gasteiger partial charge on any atom is -0.480 e. The lowest BCUT2D eigenvalue weighted by atomic mass is 10.2. The molecule has 0 radical (unpaired) electrons. The number of urea groups is 1. The van der Waals surface area contributed by atoms with E-state index in [0.29, 0.717) is 6.54 Å². The summed E-state index contributed by atoms with van der Waals surface area (Å²) in [5.41, 5.74) is 1.02. The number of aromatic nitrogens is 1. The molecule has 25 heavy (non-hydrogen) atoms. The summed E-state index contributed by atoms with van der Waals surface area (Å²) in [6, 6.07) is -1.63. The van der Waals surface area contributed by atoms with Gasteiger partial charge in [-0.2, -0.15) is 0 Å². The van der Waals surface area contributed by atoms with Gasteiger partial charge in [0.1, 0.15) is 11.6 Å². The zero-order valence-electron chi connectivity index (χ0n) is 14.7. The Labute approximate surface area is 150 Å². The van der Waals surface area contributed by atoms with Crippen molar-refractivity contribution in [2.45, 2.75) is 45.4 Å². The Hall–Kier alpha value is -2.36. The molecule has 140 valence electrons. The fourth-order valence-corrected chi connectivity index (χ4v) is 2.42. The quantitative estimate of drug-likeness (QED) is 0.669. The molecular formula is C15H24N4O5S. The summed E-state index contributed by atoms with van der Waals surface area (Å²) in [7, 11) is 1.56. The van der Waals surface area contributed by atoms with Crippen LogP contribution in [0, 0.1) is 0 Å². The number of rotatable bonds is 7. The molecule has 0 aliphatic rings. The Morgan fingerprint density at radius 1 is 1.40 bits per heavy atom. The number of thiazole rings is 1. The van der Waals surface area contributed by atoms with Crippen LogP contribution >= 0.6 is 11.3 Å². The molecule has 0 saturated carbocycles. The van der Waals surface area contributed by atoms with Gasteiger partial charge in [-0.05, 0) is 27.2 Å². The van der Waals surface area contributed by atoms with Crippen molar-refractivity contribution in [2.75, 3.05) is 13.6 Å². The molecule has 1 aromatic rings. The molecule has 1 rings (SSSR count). The van der Waals surface area contributed by atoms with Gasteiger partial charge in [-0.3, -0.25) is 4.98 Å². The lowest BCUT2D eigenvalue weighted by Crippen LogP contribution is -2.47. The molecular weight excluding hydrogens is 348 g/mol. The molecule has 1 aromatic heterocycles. The van der Waals surface area contributed by atoms with Gasteiger partial charge in [0.2, 0.25) is 0 Å².